The smallest absolute Gasteiger partial charge is 0.115 e. The highest BCUT2D eigenvalue weighted by Crippen LogP contribution is 2.37. The van der Waals surface area contributed by atoms with E-state index in [1.165, 1.54) is 16.7 Å². The van der Waals surface area contributed by atoms with E-state index in [4.69, 9.17) is 0 Å². The van der Waals surface area contributed by atoms with Gasteiger partial charge in [0.15, 0.2) is 0 Å². The quantitative estimate of drug-likeness (QED) is 0.850. The molecule has 0 saturated carbocycles. The highest BCUT2D eigenvalue weighted by Gasteiger charge is 2.23. The second-order valence-corrected chi connectivity index (χ2v) is 5.96. The first kappa shape index (κ1) is 12.5. The van der Waals surface area contributed by atoms with Crippen LogP contribution in [-0.4, -0.2) is 5.11 Å². The Labute approximate surface area is 121 Å². The Morgan fingerprint density at radius 3 is 2.89 bits per heavy atom. The van der Waals surface area contributed by atoms with Crippen LogP contribution in [0.5, 0.6) is 5.75 Å². The first-order valence-electron chi connectivity index (χ1n) is 6.48. The van der Waals surface area contributed by atoms with Crippen molar-refractivity contribution in [3.05, 3.63) is 57.6 Å². The minimum atomic E-state index is 0.327. The Morgan fingerprint density at radius 2 is 2.05 bits per heavy atom. The van der Waals surface area contributed by atoms with E-state index in [1.54, 1.807) is 6.07 Å². The summed E-state index contributed by atoms with van der Waals surface area (Å²) in [5.74, 6) is 0.358. The molecule has 2 aromatic carbocycles. The molecule has 0 saturated heterocycles. The fourth-order valence-corrected chi connectivity index (χ4v) is 3.05. The number of phenols is 1. The molecule has 19 heavy (non-hydrogen) atoms. The number of aromatic hydroxyl groups is 1. The normalized spacial score (nSPS) is 17.3. The summed E-state index contributed by atoms with van der Waals surface area (Å²) in [5, 5.41) is 13.1. The zero-order valence-corrected chi connectivity index (χ0v) is 12.4. The zero-order valence-electron chi connectivity index (χ0n) is 10.8. The van der Waals surface area contributed by atoms with Gasteiger partial charge in [-0.1, -0.05) is 12.1 Å². The van der Waals surface area contributed by atoms with Gasteiger partial charge < -0.3 is 10.4 Å². The van der Waals surface area contributed by atoms with Crippen LogP contribution in [-0.2, 0) is 6.42 Å². The number of benzene rings is 2. The lowest BCUT2D eigenvalue weighted by molar-refractivity contribution is 0.474. The van der Waals surface area contributed by atoms with Gasteiger partial charge in [0, 0.05) is 10.2 Å². The van der Waals surface area contributed by atoms with Crippen molar-refractivity contribution >= 4 is 21.6 Å². The van der Waals surface area contributed by atoms with Crippen molar-refractivity contribution in [2.75, 3.05) is 5.32 Å². The standard InChI is InChI=1S/C16H16BrNO/c1-10-2-6-14(17)16(8-10)18-15-7-3-11-9-12(19)4-5-13(11)15/h2,4-6,8-9,15,18-19H,3,7H2,1H3. The summed E-state index contributed by atoms with van der Waals surface area (Å²) in [4.78, 5) is 0. The van der Waals surface area contributed by atoms with Gasteiger partial charge in [-0.2, -0.15) is 0 Å². The summed E-state index contributed by atoms with van der Waals surface area (Å²) in [5.41, 5.74) is 4.92. The fourth-order valence-electron chi connectivity index (χ4n) is 2.69. The lowest BCUT2D eigenvalue weighted by Gasteiger charge is -2.17. The highest BCUT2D eigenvalue weighted by molar-refractivity contribution is 9.10. The Bertz CT molecular complexity index is 624. The van der Waals surface area contributed by atoms with E-state index in [9.17, 15) is 5.11 Å². The molecule has 98 valence electrons. The highest BCUT2D eigenvalue weighted by atomic mass is 79.9. The van der Waals surface area contributed by atoms with E-state index in [0.29, 0.717) is 11.8 Å². The number of rotatable bonds is 2. The Kier molecular flexibility index (Phi) is 3.23. The number of hydrogen-bond acceptors (Lipinski definition) is 2. The van der Waals surface area contributed by atoms with Crippen molar-refractivity contribution in [1.82, 2.24) is 0 Å². The summed E-state index contributed by atoms with van der Waals surface area (Å²) >= 11 is 3.59. The average molecular weight is 318 g/mol. The van der Waals surface area contributed by atoms with E-state index >= 15 is 0 Å². The third-order valence-corrected chi connectivity index (χ3v) is 4.35. The minimum Gasteiger partial charge on any atom is -0.508 e. The molecule has 2 N–H and O–H groups in total. The fraction of sp³-hybridized carbons (Fsp3) is 0.250. The molecule has 0 fully saturated rings. The summed E-state index contributed by atoms with van der Waals surface area (Å²) in [6.07, 6.45) is 2.09. The lowest BCUT2D eigenvalue weighted by Crippen LogP contribution is -2.07. The molecular weight excluding hydrogens is 302 g/mol. The van der Waals surface area contributed by atoms with Gasteiger partial charge in [0.25, 0.3) is 0 Å². The van der Waals surface area contributed by atoms with Crippen LogP contribution in [0.4, 0.5) is 5.69 Å². The van der Waals surface area contributed by atoms with Gasteiger partial charge in [-0.3, -0.25) is 0 Å². The summed E-state index contributed by atoms with van der Waals surface area (Å²) in [6, 6.07) is 12.3. The molecule has 1 aliphatic rings. The van der Waals surface area contributed by atoms with Gasteiger partial charge in [0.2, 0.25) is 0 Å². The molecule has 0 spiro atoms. The Hall–Kier alpha value is -1.48. The van der Waals surface area contributed by atoms with Crippen LogP contribution in [0.25, 0.3) is 0 Å². The van der Waals surface area contributed by atoms with Crippen molar-refractivity contribution in [3.63, 3.8) is 0 Å². The van der Waals surface area contributed by atoms with Gasteiger partial charge in [-0.15, -0.1) is 0 Å². The van der Waals surface area contributed by atoms with Gasteiger partial charge >= 0.3 is 0 Å². The number of fused-ring (bicyclic) bond motifs is 1. The monoisotopic (exact) mass is 317 g/mol. The van der Waals surface area contributed by atoms with Crippen LogP contribution in [0.15, 0.2) is 40.9 Å². The molecule has 0 heterocycles. The molecule has 0 aromatic heterocycles. The van der Waals surface area contributed by atoms with E-state index in [2.05, 4.69) is 46.4 Å². The number of phenolic OH excluding ortho intramolecular Hbond substituents is 1. The van der Waals surface area contributed by atoms with Crippen LogP contribution in [0.3, 0.4) is 0 Å². The molecule has 0 radical (unpaired) electrons. The second-order valence-electron chi connectivity index (χ2n) is 5.10. The SMILES string of the molecule is Cc1ccc(Br)c(NC2CCc3cc(O)ccc32)c1. The van der Waals surface area contributed by atoms with Crippen LogP contribution in [0.1, 0.15) is 29.2 Å². The third-order valence-electron chi connectivity index (χ3n) is 3.66. The number of aryl methyl sites for hydroxylation is 2. The average Bonchev–Trinajstić information content (AvgIpc) is 2.76. The maximum Gasteiger partial charge on any atom is 0.115 e. The maximum absolute atomic E-state index is 9.52. The molecule has 1 unspecified atom stereocenters. The minimum absolute atomic E-state index is 0.327. The number of halogens is 1. The molecular formula is C16H16BrNO. The lowest BCUT2D eigenvalue weighted by atomic mass is 10.1. The Balaban J connectivity index is 1.88. The van der Waals surface area contributed by atoms with Gasteiger partial charge in [0.05, 0.1) is 6.04 Å². The van der Waals surface area contributed by atoms with E-state index in [-0.39, 0.29) is 0 Å². The largest absolute Gasteiger partial charge is 0.508 e. The summed E-state index contributed by atoms with van der Waals surface area (Å²) < 4.78 is 1.09. The first-order chi connectivity index (χ1) is 9.13. The second kappa shape index (κ2) is 4.89. The predicted molar refractivity (Wildman–Crippen MR) is 81.7 cm³/mol. The van der Waals surface area contributed by atoms with E-state index in [1.807, 2.05) is 12.1 Å². The van der Waals surface area contributed by atoms with Gasteiger partial charge in [-0.05, 0) is 76.7 Å². The summed E-state index contributed by atoms with van der Waals surface area (Å²) in [6.45, 7) is 2.10. The van der Waals surface area contributed by atoms with E-state index in [0.717, 1.165) is 23.0 Å². The molecule has 3 heteroatoms. The molecule has 0 amide bonds. The van der Waals surface area contributed by atoms with Crippen LogP contribution >= 0.6 is 15.9 Å². The summed E-state index contributed by atoms with van der Waals surface area (Å²) in [7, 11) is 0. The first-order valence-corrected chi connectivity index (χ1v) is 7.27. The molecule has 1 aliphatic carbocycles. The topological polar surface area (TPSA) is 32.3 Å². The molecule has 1 atom stereocenters. The molecule has 0 aliphatic heterocycles. The Morgan fingerprint density at radius 1 is 1.21 bits per heavy atom. The maximum atomic E-state index is 9.52. The third kappa shape index (κ3) is 2.47. The number of nitrogens with one attached hydrogen (secondary N) is 1. The van der Waals surface area contributed by atoms with Crippen LogP contribution < -0.4 is 5.32 Å². The molecule has 2 nitrogen and oxygen atoms in total. The van der Waals surface area contributed by atoms with Crippen molar-refractivity contribution in [2.45, 2.75) is 25.8 Å². The van der Waals surface area contributed by atoms with Crippen molar-refractivity contribution < 1.29 is 5.11 Å². The number of hydrogen-bond donors (Lipinski definition) is 2. The van der Waals surface area contributed by atoms with E-state index < -0.39 is 0 Å². The molecule has 2 aromatic rings. The van der Waals surface area contributed by atoms with Crippen molar-refractivity contribution in [3.8, 4) is 5.75 Å². The van der Waals surface area contributed by atoms with Crippen LogP contribution in [0, 0.1) is 6.92 Å². The predicted octanol–water partition coefficient (Wildman–Crippen LogP) is 4.56. The van der Waals surface area contributed by atoms with Gasteiger partial charge in [0.1, 0.15) is 5.75 Å². The molecule has 3 rings (SSSR count). The van der Waals surface area contributed by atoms with Gasteiger partial charge in [-0.25, -0.2) is 0 Å². The zero-order chi connectivity index (χ0) is 13.4. The van der Waals surface area contributed by atoms with Crippen molar-refractivity contribution in [1.29, 1.82) is 0 Å². The van der Waals surface area contributed by atoms with Crippen molar-refractivity contribution in [2.24, 2.45) is 0 Å². The molecule has 0 bridgehead atoms. The number of anilines is 1. The van der Waals surface area contributed by atoms with Crippen LogP contribution in [0.2, 0.25) is 0 Å².